The van der Waals surface area contributed by atoms with Crippen LogP contribution in [0.1, 0.15) is 13.3 Å². The monoisotopic (exact) mass is 215 g/mol. The van der Waals surface area contributed by atoms with Gasteiger partial charge in [0, 0.05) is 32.2 Å². The minimum Gasteiger partial charge on any atom is -0.453 e. The van der Waals surface area contributed by atoms with Crippen LogP contribution in [0.4, 0.5) is 4.79 Å². The highest BCUT2D eigenvalue weighted by Gasteiger charge is 2.23. The molecule has 5 nitrogen and oxygen atoms in total. The molecule has 1 atom stereocenters. The van der Waals surface area contributed by atoms with Crippen LogP contribution >= 0.6 is 0 Å². The summed E-state index contributed by atoms with van der Waals surface area (Å²) in [5, 5.41) is 6.11. The van der Waals surface area contributed by atoms with Crippen LogP contribution in [-0.4, -0.2) is 56.9 Å². The maximum absolute atomic E-state index is 11.0. The Balaban J connectivity index is 2.12. The van der Waals surface area contributed by atoms with E-state index in [1.165, 1.54) is 7.11 Å². The summed E-state index contributed by atoms with van der Waals surface area (Å²) >= 11 is 0. The SMILES string of the molecule is CCNCCN1CCC(NC(=O)OC)C1. The minimum atomic E-state index is -0.325. The highest BCUT2D eigenvalue weighted by Crippen LogP contribution is 2.08. The zero-order valence-corrected chi connectivity index (χ0v) is 9.58. The lowest BCUT2D eigenvalue weighted by molar-refractivity contribution is 0.166. The number of nitrogens with zero attached hydrogens (tertiary/aromatic N) is 1. The molecule has 2 N–H and O–H groups in total. The molecule has 1 saturated heterocycles. The van der Waals surface area contributed by atoms with Gasteiger partial charge in [-0.1, -0.05) is 6.92 Å². The third-order valence-electron chi connectivity index (χ3n) is 2.63. The molecule has 88 valence electrons. The van der Waals surface area contributed by atoms with Crippen molar-refractivity contribution in [3.8, 4) is 0 Å². The van der Waals surface area contributed by atoms with Gasteiger partial charge >= 0.3 is 6.09 Å². The second kappa shape index (κ2) is 6.63. The van der Waals surface area contributed by atoms with Crippen molar-refractivity contribution in [2.75, 3.05) is 39.8 Å². The Kier molecular flexibility index (Phi) is 5.42. The molecular formula is C10H21N3O2. The molecule has 1 rings (SSSR count). The Morgan fingerprint density at radius 1 is 1.60 bits per heavy atom. The van der Waals surface area contributed by atoms with Gasteiger partial charge in [-0.15, -0.1) is 0 Å². The van der Waals surface area contributed by atoms with Gasteiger partial charge in [0.15, 0.2) is 0 Å². The van der Waals surface area contributed by atoms with Crippen molar-refractivity contribution in [1.29, 1.82) is 0 Å². The fourth-order valence-electron chi connectivity index (χ4n) is 1.79. The molecule has 1 aliphatic heterocycles. The molecule has 0 aliphatic carbocycles. The summed E-state index contributed by atoms with van der Waals surface area (Å²) in [5.41, 5.74) is 0. The average Bonchev–Trinajstić information content (AvgIpc) is 2.66. The van der Waals surface area contributed by atoms with Crippen molar-refractivity contribution in [1.82, 2.24) is 15.5 Å². The smallest absolute Gasteiger partial charge is 0.407 e. The van der Waals surface area contributed by atoms with Gasteiger partial charge in [0.2, 0.25) is 0 Å². The van der Waals surface area contributed by atoms with Gasteiger partial charge in [0.05, 0.1) is 7.11 Å². The lowest BCUT2D eigenvalue weighted by Gasteiger charge is -2.16. The largest absolute Gasteiger partial charge is 0.453 e. The van der Waals surface area contributed by atoms with E-state index in [0.717, 1.165) is 39.1 Å². The van der Waals surface area contributed by atoms with Crippen molar-refractivity contribution in [2.24, 2.45) is 0 Å². The quantitative estimate of drug-likeness (QED) is 0.635. The van der Waals surface area contributed by atoms with Gasteiger partial charge in [-0.3, -0.25) is 4.90 Å². The van der Waals surface area contributed by atoms with Crippen molar-refractivity contribution >= 4 is 6.09 Å². The lowest BCUT2D eigenvalue weighted by Crippen LogP contribution is -2.38. The summed E-state index contributed by atoms with van der Waals surface area (Å²) in [6, 6.07) is 0.249. The van der Waals surface area contributed by atoms with Crippen molar-refractivity contribution in [3.05, 3.63) is 0 Å². The molecule has 0 radical (unpaired) electrons. The Hall–Kier alpha value is -0.810. The number of amides is 1. The van der Waals surface area contributed by atoms with E-state index in [0.29, 0.717) is 0 Å². The third-order valence-corrected chi connectivity index (χ3v) is 2.63. The Bertz CT molecular complexity index is 199. The highest BCUT2D eigenvalue weighted by molar-refractivity contribution is 5.67. The maximum Gasteiger partial charge on any atom is 0.407 e. The molecule has 0 aromatic heterocycles. The van der Waals surface area contributed by atoms with Crippen LogP contribution in [-0.2, 0) is 4.74 Å². The summed E-state index contributed by atoms with van der Waals surface area (Å²) in [6.45, 7) is 7.17. The first-order valence-corrected chi connectivity index (χ1v) is 5.53. The van der Waals surface area contributed by atoms with Crippen molar-refractivity contribution < 1.29 is 9.53 Å². The number of hydrogen-bond donors (Lipinski definition) is 2. The number of rotatable bonds is 5. The zero-order valence-electron chi connectivity index (χ0n) is 9.58. The number of ether oxygens (including phenoxy) is 1. The topological polar surface area (TPSA) is 53.6 Å². The first-order chi connectivity index (χ1) is 7.26. The predicted octanol–water partition coefficient (Wildman–Crippen LogP) is 0.0262. The third kappa shape index (κ3) is 4.48. The summed E-state index contributed by atoms with van der Waals surface area (Å²) in [4.78, 5) is 13.3. The minimum absolute atomic E-state index is 0.249. The molecule has 1 heterocycles. The normalized spacial score (nSPS) is 21.6. The van der Waals surface area contributed by atoms with E-state index in [2.05, 4.69) is 27.2 Å². The first-order valence-electron chi connectivity index (χ1n) is 5.53. The number of carbonyl (C=O) groups is 1. The molecule has 0 bridgehead atoms. The Morgan fingerprint density at radius 2 is 2.40 bits per heavy atom. The van der Waals surface area contributed by atoms with Crippen LogP contribution in [0.5, 0.6) is 0 Å². The molecule has 0 spiro atoms. The van der Waals surface area contributed by atoms with Crippen LogP contribution in [0, 0.1) is 0 Å². The van der Waals surface area contributed by atoms with E-state index in [1.807, 2.05) is 0 Å². The van der Waals surface area contributed by atoms with Gasteiger partial charge in [-0.05, 0) is 13.0 Å². The fourth-order valence-corrected chi connectivity index (χ4v) is 1.79. The van der Waals surface area contributed by atoms with Gasteiger partial charge in [0.1, 0.15) is 0 Å². The van der Waals surface area contributed by atoms with E-state index in [4.69, 9.17) is 0 Å². The number of alkyl carbamates (subject to hydrolysis) is 1. The van der Waals surface area contributed by atoms with Crippen LogP contribution in [0.15, 0.2) is 0 Å². The number of methoxy groups -OCH3 is 1. The number of hydrogen-bond acceptors (Lipinski definition) is 4. The van der Waals surface area contributed by atoms with Gasteiger partial charge in [0.25, 0.3) is 0 Å². The molecule has 1 unspecified atom stereocenters. The molecular weight excluding hydrogens is 194 g/mol. The Labute approximate surface area is 91.2 Å². The van der Waals surface area contributed by atoms with Gasteiger partial charge < -0.3 is 15.4 Å². The predicted molar refractivity (Wildman–Crippen MR) is 58.9 cm³/mol. The van der Waals surface area contributed by atoms with Gasteiger partial charge in [-0.2, -0.15) is 0 Å². The maximum atomic E-state index is 11.0. The molecule has 0 saturated carbocycles. The second-order valence-electron chi connectivity index (χ2n) is 3.78. The number of carbonyl (C=O) groups excluding carboxylic acids is 1. The van der Waals surface area contributed by atoms with Crippen molar-refractivity contribution in [3.63, 3.8) is 0 Å². The second-order valence-corrected chi connectivity index (χ2v) is 3.78. The van der Waals surface area contributed by atoms with E-state index in [9.17, 15) is 4.79 Å². The fraction of sp³-hybridized carbons (Fsp3) is 0.900. The first kappa shape index (κ1) is 12.3. The number of likely N-dealkylation sites (N-methyl/N-ethyl adjacent to an activating group) is 1. The molecule has 1 amide bonds. The van der Waals surface area contributed by atoms with Crippen LogP contribution < -0.4 is 10.6 Å². The van der Waals surface area contributed by atoms with E-state index < -0.39 is 0 Å². The molecule has 15 heavy (non-hydrogen) atoms. The molecule has 0 aromatic carbocycles. The number of likely N-dealkylation sites (tertiary alicyclic amines) is 1. The van der Waals surface area contributed by atoms with Crippen LogP contribution in [0.25, 0.3) is 0 Å². The van der Waals surface area contributed by atoms with Crippen molar-refractivity contribution in [2.45, 2.75) is 19.4 Å². The standard InChI is InChI=1S/C10H21N3O2/c1-3-11-5-7-13-6-4-9(8-13)12-10(14)15-2/h9,11H,3-8H2,1-2H3,(H,12,14). The summed E-state index contributed by atoms with van der Waals surface area (Å²) in [6.07, 6.45) is 0.690. The van der Waals surface area contributed by atoms with E-state index in [1.54, 1.807) is 0 Å². The van der Waals surface area contributed by atoms with E-state index in [-0.39, 0.29) is 12.1 Å². The Morgan fingerprint density at radius 3 is 3.07 bits per heavy atom. The molecule has 1 fully saturated rings. The molecule has 1 aliphatic rings. The average molecular weight is 215 g/mol. The van der Waals surface area contributed by atoms with Gasteiger partial charge in [-0.25, -0.2) is 4.79 Å². The molecule has 0 aromatic rings. The summed E-state index contributed by atoms with van der Waals surface area (Å²) in [7, 11) is 1.40. The molecule has 5 heteroatoms. The van der Waals surface area contributed by atoms with Crippen LogP contribution in [0.3, 0.4) is 0 Å². The summed E-state index contributed by atoms with van der Waals surface area (Å²) < 4.78 is 4.57. The van der Waals surface area contributed by atoms with Crippen LogP contribution in [0.2, 0.25) is 0 Å². The highest BCUT2D eigenvalue weighted by atomic mass is 16.5. The van der Waals surface area contributed by atoms with E-state index >= 15 is 0 Å². The zero-order chi connectivity index (χ0) is 11.1. The lowest BCUT2D eigenvalue weighted by atomic mass is 10.3. The summed E-state index contributed by atoms with van der Waals surface area (Å²) in [5.74, 6) is 0. The number of nitrogens with one attached hydrogen (secondary N) is 2.